The van der Waals surface area contributed by atoms with Gasteiger partial charge in [0.25, 0.3) is 5.91 Å². The number of carbonyl (C=O) groups excluding carboxylic acids is 1. The van der Waals surface area contributed by atoms with E-state index in [0.29, 0.717) is 0 Å². The molecule has 1 atom stereocenters. The number of thiophene rings is 1. The van der Waals surface area contributed by atoms with Crippen molar-refractivity contribution in [2.24, 2.45) is 0 Å². The van der Waals surface area contributed by atoms with E-state index in [9.17, 15) is 4.79 Å². The Kier molecular flexibility index (Phi) is 3.29. The fraction of sp³-hybridized carbons (Fsp3) is 0.333. The lowest BCUT2D eigenvalue weighted by Gasteiger charge is -2.15. The first-order chi connectivity index (χ1) is 8.83. The largest absolute Gasteiger partial charge is 0.347 e. The van der Waals surface area contributed by atoms with Crippen molar-refractivity contribution in [3.05, 3.63) is 34.0 Å². The van der Waals surface area contributed by atoms with Gasteiger partial charge in [0, 0.05) is 41.7 Å². The van der Waals surface area contributed by atoms with Gasteiger partial charge in [0.15, 0.2) is 5.13 Å². The summed E-state index contributed by atoms with van der Waals surface area (Å²) in [5.74, 6) is 0.0299. The molecule has 1 aliphatic heterocycles. The second-order valence-electron chi connectivity index (χ2n) is 4.23. The zero-order chi connectivity index (χ0) is 12.4. The van der Waals surface area contributed by atoms with E-state index in [1.165, 1.54) is 0 Å². The normalized spacial score (nSPS) is 19.1. The number of thiazole rings is 1. The summed E-state index contributed by atoms with van der Waals surface area (Å²) in [6, 6.07) is 2.08. The molecule has 2 aromatic rings. The van der Waals surface area contributed by atoms with Crippen LogP contribution in [0.25, 0.3) is 0 Å². The highest BCUT2D eigenvalue weighted by Gasteiger charge is 2.25. The Labute approximate surface area is 113 Å². The fourth-order valence-electron chi connectivity index (χ4n) is 2.09. The topological polar surface area (TPSA) is 45.2 Å². The number of hydrogen-bond donors (Lipinski definition) is 1. The Bertz CT molecular complexity index is 509. The van der Waals surface area contributed by atoms with E-state index in [-0.39, 0.29) is 11.9 Å². The molecule has 1 N–H and O–H groups in total. The van der Waals surface area contributed by atoms with Crippen LogP contribution in [0.1, 0.15) is 16.8 Å². The summed E-state index contributed by atoms with van der Waals surface area (Å²) in [5.41, 5.74) is 0.757. The quantitative estimate of drug-likeness (QED) is 0.937. The third-order valence-corrected chi connectivity index (χ3v) is 4.51. The van der Waals surface area contributed by atoms with Crippen molar-refractivity contribution >= 4 is 33.7 Å². The van der Waals surface area contributed by atoms with Crippen LogP contribution in [0.4, 0.5) is 5.13 Å². The molecule has 0 saturated carbocycles. The second-order valence-corrected chi connectivity index (χ2v) is 5.88. The Hall–Kier alpha value is -1.40. The summed E-state index contributed by atoms with van der Waals surface area (Å²) in [4.78, 5) is 18.4. The summed E-state index contributed by atoms with van der Waals surface area (Å²) in [6.45, 7) is 1.81. The first kappa shape index (κ1) is 11.7. The minimum absolute atomic E-state index is 0.0299. The lowest BCUT2D eigenvalue weighted by molar-refractivity contribution is 0.0941. The zero-order valence-corrected chi connectivity index (χ0v) is 11.3. The third kappa shape index (κ3) is 2.39. The molecule has 0 unspecified atom stereocenters. The molecule has 0 radical (unpaired) electrons. The molecule has 6 heteroatoms. The highest BCUT2D eigenvalue weighted by molar-refractivity contribution is 7.13. The Morgan fingerprint density at radius 3 is 3.17 bits per heavy atom. The highest BCUT2D eigenvalue weighted by Crippen LogP contribution is 2.22. The molecular weight excluding hydrogens is 266 g/mol. The number of nitrogens with one attached hydrogen (secondary N) is 1. The highest BCUT2D eigenvalue weighted by atomic mass is 32.1. The Morgan fingerprint density at radius 2 is 2.44 bits per heavy atom. The van der Waals surface area contributed by atoms with Crippen LogP contribution in [0.15, 0.2) is 28.4 Å². The second kappa shape index (κ2) is 5.07. The molecule has 0 spiro atoms. The maximum atomic E-state index is 11.9. The average Bonchev–Trinajstić information content (AvgIpc) is 3.12. The van der Waals surface area contributed by atoms with Gasteiger partial charge in [-0.25, -0.2) is 4.98 Å². The molecule has 0 bridgehead atoms. The minimum atomic E-state index is 0.0299. The van der Waals surface area contributed by atoms with Crippen LogP contribution in [0.5, 0.6) is 0 Å². The lowest BCUT2D eigenvalue weighted by Crippen LogP contribution is -2.36. The van der Waals surface area contributed by atoms with Crippen LogP contribution >= 0.6 is 22.7 Å². The standard InChI is InChI=1S/C12H13N3OS2/c16-11(9-2-5-17-8-9)14-10-1-4-15(7-10)12-13-3-6-18-12/h2-3,5-6,8,10H,1,4,7H2,(H,14,16)/t10-/m0/s1. The lowest BCUT2D eigenvalue weighted by atomic mass is 10.2. The van der Waals surface area contributed by atoms with Crippen LogP contribution < -0.4 is 10.2 Å². The molecular formula is C12H13N3OS2. The molecule has 0 aromatic carbocycles. The predicted octanol–water partition coefficient (Wildman–Crippen LogP) is 2.21. The average molecular weight is 279 g/mol. The zero-order valence-electron chi connectivity index (χ0n) is 9.70. The number of amides is 1. The van der Waals surface area contributed by atoms with Crippen molar-refractivity contribution < 1.29 is 4.79 Å². The molecule has 3 heterocycles. The number of nitrogens with zero attached hydrogens (tertiary/aromatic N) is 2. The third-order valence-electron chi connectivity index (χ3n) is 3.00. The van der Waals surface area contributed by atoms with Gasteiger partial charge in [-0.15, -0.1) is 11.3 Å². The first-order valence-electron chi connectivity index (χ1n) is 5.80. The van der Waals surface area contributed by atoms with E-state index >= 15 is 0 Å². The van der Waals surface area contributed by atoms with E-state index in [1.807, 2.05) is 28.4 Å². The molecule has 2 aromatic heterocycles. The van der Waals surface area contributed by atoms with E-state index in [4.69, 9.17) is 0 Å². The Morgan fingerprint density at radius 1 is 1.50 bits per heavy atom. The van der Waals surface area contributed by atoms with E-state index in [1.54, 1.807) is 22.7 Å². The van der Waals surface area contributed by atoms with Crippen LogP contribution in [0, 0.1) is 0 Å². The number of rotatable bonds is 3. The van der Waals surface area contributed by atoms with E-state index in [0.717, 1.165) is 30.2 Å². The van der Waals surface area contributed by atoms with Crippen molar-refractivity contribution in [1.82, 2.24) is 10.3 Å². The maximum Gasteiger partial charge on any atom is 0.252 e. The molecule has 1 saturated heterocycles. The van der Waals surface area contributed by atoms with Gasteiger partial charge in [0.2, 0.25) is 0 Å². The van der Waals surface area contributed by atoms with Gasteiger partial charge < -0.3 is 10.2 Å². The summed E-state index contributed by atoms with van der Waals surface area (Å²) in [7, 11) is 0. The Balaban J connectivity index is 1.58. The van der Waals surface area contributed by atoms with Crippen LogP contribution in [-0.2, 0) is 0 Å². The number of anilines is 1. The van der Waals surface area contributed by atoms with Gasteiger partial charge in [0.05, 0.1) is 0 Å². The van der Waals surface area contributed by atoms with Gasteiger partial charge in [-0.2, -0.15) is 11.3 Å². The van der Waals surface area contributed by atoms with Gasteiger partial charge in [-0.1, -0.05) is 0 Å². The maximum absolute atomic E-state index is 11.9. The van der Waals surface area contributed by atoms with Gasteiger partial charge >= 0.3 is 0 Å². The predicted molar refractivity (Wildman–Crippen MR) is 74.5 cm³/mol. The molecule has 18 heavy (non-hydrogen) atoms. The number of aromatic nitrogens is 1. The van der Waals surface area contributed by atoms with Crippen molar-refractivity contribution in [3.8, 4) is 0 Å². The molecule has 4 nitrogen and oxygen atoms in total. The molecule has 1 fully saturated rings. The molecule has 94 valence electrons. The monoisotopic (exact) mass is 279 g/mol. The fourth-order valence-corrected chi connectivity index (χ4v) is 3.40. The van der Waals surface area contributed by atoms with Crippen LogP contribution in [0.3, 0.4) is 0 Å². The van der Waals surface area contributed by atoms with Gasteiger partial charge in [0.1, 0.15) is 0 Å². The van der Waals surface area contributed by atoms with Crippen LogP contribution in [-0.4, -0.2) is 30.0 Å². The summed E-state index contributed by atoms with van der Waals surface area (Å²) in [6.07, 6.45) is 2.80. The number of carbonyl (C=O) groups is 1. The smallest absolute Gasteiger partial charge is 0.252 e. The molecule has 1 aliphatic rings. The SMILES string of the molecule is O=C(N[C@H]1CCN(c2nccs2)C1)c1ccsc1. The van der Waals surface area contributed by atoms with Crippen LogP contribution in [0.2, 0.25) is 0 Å². The van der Waals surface area contributed by atoms with Crippen molar-refractivity contribution in [2.45, 2.75) is 12.5 Å². The van der Waals surface area contributed by atoms with Crippen molar-refractivity contribution in [3.63, 3.8) is 0 Å². The van der Waals surface area contributed by atoms with E-state index in [2.05, 4.69) is 15.2 Å². The van der Waals surface area contributed by atoms with E-state index < -0.39 is 0 Å². The molecule has 3 rings (SSSR count). The first-order valence-corrected chi connectivity index (χ1v) is 7.62. The molecule has 0 aliphatic carbocycles. The summed E-state index contributed by atoms with van der Waals surface area (Å²) < 4.78 is 0. The summed E-state index contributed by atoms with van der Waals surface area (Å²) in [5, 5.41) is 9.90. The van der Waals surface area contributed by atoms with Crippen molar-refractivity contribution in [2.75, 3.05) is 18.0 Å². The van der Waals surface area contributed by atoms with Crippen molar-refractivity contribution in [1.29, 1.82) is 0 Å². The van der Waals surface area contributed by atoms with Gasteiger partial charge in [-0.05, 0) is 17.9 Å². The summed E-state index contributed by atoms with van der Waals surface area (Å²) >= 11 is 3.19. The molecule has 1 amide bonds. The minimum Gasteiger partial charge on any atom is -0.347 e. The van der Waals surface area contributed by atoms with Gasteiger partial charge in [-0.3, -0.25) is 4.79 Å². The number of hydrogen-bond acceptors (Lipinski definition) is 5.